The summed E-state index contributed by atoms with van der Waals surface area (Å²) >= 11 is 13.9. The molecule has 6 rings (SSSR count). The van der Waals surface area contributed by atoms with Gasteiger partial charge in [-0.1, -0.05) is 17.7 Å². The lowest BCUT2D eigenvalue weighted by molar-refractivity contribution is -0.173. The number of benzene rings is 2. The molecule has 4 amide bonds. The Morgan fingerprint density at radius 3 is 2.12 bits per heavy atom. The van der Waals surface area contributed by atoms with Crippen molar-refractivity contribution in [2.75, 3.05) is 12.0 Å². The monoisotopic (exact) mass is 646 g/mol. The highest BCUT2D eigenvalue weighted by molar-refractivity contribution is 6.58. The van der Waals surface area contributed by atoms with Crippen LogP contribution in [0.25, 0.3) is 0 Å². The smallest absolute Gasteiger partial charge is 0.258 e. The number of hydrogen-bond donors (Lipinski definition) is 2. The summed E-state index contributed by atoms with van der Waals surface area (Å²) in [6, 6.07) is 3.85. The molecule has 226 valence electrons. The summed E-state index contributed by atoms with van der Waals surface area (Å²) in [5.41, 5.74) is -2.09. The second kappa shape index (κ2) is 9.37. The number of imide groups is 2. The molecule has 2 aliphatic carbocycles. The molecule has 2 N–H and O–H groups in total. The fraction of sp³-hybridized carbons (Fsp3) is 0.333. The molecular formula is C27H17Cl2F5N2O7. The van der Waals surface area contributed by atoms with Gasteiger partial charge in [-0.05, 0) is 30.9 Å². The quantitative estimate of drug-likeness (QED) is 0.0981. The molecule has 2 saturated heterocycles. The number of methoxy groups -OCH3 is 1. The van der Waals surface area contributed by atoms with E-state index in [1.54, 1.807) is 0 Å². The second-order valence-corrected chi connectivity index (χ2v) is 11.8. The van der Waals surface area contributed by atoms with E-state index in [2.05, 4.69) is 0 Å². The van der Waals surface area contributed by atoms with Crippen molar-refractivity contribution in [2.24, 2.45) is 17.8 Å². The van der Waals surface area contributed by atoms with E-state index in [-0.39, 0.29) is 33.3 Å². The molecule has 2 aromatic carbocycles. The van der Waals surface area contributed by atoms with Crippen LogP contribution in [-0.2, 0) is 19.2 Å². The van der Waals surface area contributed by atoms with Crippen molar-refractivity contribution in [3.63, 3.8) is 0 Å². The van der Waals surface area contributed by atoms with E-state index in [9.17, 15) is 42.7 Å². The molecule has 43 heavy (non-hydrogen) atoms. The van der Waals surface area contributed by atoms with Crippen LogP contribution in [-0.4, -0.2) is 55.9 Å². The van der Waals surface area contributed by atoms with E-state index < -0.39 is 104 Å². The average molecular weight is 647 g/mol. The fourth-order valence-electron chi connectivity index (χ4n) is 6.87. The Kier molecular flexibility index (Phi) is 6.39. The first-order valence-electron chi connectivity index (χ1n) is 12.6. The zero-order valence-electron chi connectivity index (χ0n) is 21.5. The van der Waals surface area contributed by atoms with Crippen LogP contribution >= 0.6 is 23.2 Å². The first kappa shape index (κ1) is 29.3. The highest BCUT2D eigenvalue weighted by Gasteiger charge is 2.77. The molecule has 0 bridgehead atoms. The van der Waals surface area contributed by atoms with Gasteiger partial charge in [0.2, 0.25) is 5.82 Å². The third kappa shape index (κ3) is 3.42. The number of aromatic hydroxyl groups is 1. The highest BCUT2D eigenvalue weighted by Crippen LogP contribution is 2.67. The van der Waals surface area contributed by atoms with Crippen LogP contribution in [0.2, 0.25) is 0 Å². The summed E-state index contributed by atoms with van der Waals surface area (Å²) in [5.74, 6) is -24.0. The topological polar surface area (TPSA) is 124 Å². The Morgan fingerprint density at radius 1 is 0.907 bits per heavy atom. The molecule has 16 heteroatoms. The highest BCUT2D eigenvalue weighted by atomic mass is 35.5. The molecule has 0 aromatic heterocycles. The van der Waals surface area contributed by atoms with Crippen molar-refractivity contribution in [3.05, 3.63) is 64.5 Å². The lowest BCUT2D eigenvalue weighted by atomic mass is 9.56. The fourth-order valence-corrected chi connectivity index (χ4v) is 7.79. The van der Waals surface area contributed by atoms with Gasteiger partial charge in [-0.15, -0.1) is 23.2 Å². The number of phenolic OH excluding ortho intramolecular Hbond substituents is 1. The molecule has 9 nitrogen and oxygen atoms in total. The predicted molar refractivity (Wildman–Crippen MR) is 135 cm³/mol. The van der Waals surface area contributed by atoms with Crippen LogP contribution in [0.5, 0.6) is 11.5 Å². The Balaban J connectivity index is 1.65. The first-order valence-corrected chi connectivity index (χ1v) is 13.3. The van der Waals surface area contributed by atoms with Crippen molar-refractivity contribution < 1.29 is 56.2 Å². The third-order valence-corrected chi connectivity index (χ3v) is 10.2. The van der Waals surface area contributed by atoms with Gasteiger partial charge in [-0.3, -0.25) is 24.4 Å². The minimum absolute atomic E-state index is 0.0872. The molecule has 6 atom stereocenters. The Bertz CT molecular complexity index is 1690. The van der Waals surface area contributed by atoms with Crippen molar-refractivity contribution >= 4 is 52.5 Å². The van der Waals surface area contributed by atoms with Crippen molar-refractivity contribution in [3.8, 4) is 11.5 Å². The van der Waals surface area contributed by atoms with Crippen LogP contribution in [0.1, 0.15) is 24.3 Å². The number of phenols is 1. The van der Waals surface area contributed by atoms with E-state index in [1.807, 2.05) is 0 Å². The lowest BCUT2D eigenvalue weighted by Gasteiger charge is -2.50. The van der Waals surface area contributed by atoms with E-state index >= 15 is 8.78 Å². The molecule has 4 aliphatic rings. The number of hydrogen-bond acceptors (Lipinski definition) is 7. The van der Waals surface area contributed by atoms with E-state index in [1.165, 1.54) is 25.3 Å². The molecule has 0 radical (unpaired) electrons. The molecule has 2 aliphatic heterocycles. The normalized spacial score (nSPS) is 31.7. The Labute approximate surface area is 248 Å². The first-order chi connectivity index (χ1) is 20.1. The lowest BCUT2D eigenvalue weighted by Crippen LogP contribution is -2.60. The van der Waals surface area contributed by atoms with Gasteiger partial charge >= 0.3 is 0 Å². The SMILES string of the molecule is COc1cccc(O)c1[C@H]1C2=CC[C@@H]3C(=O)N(O)C(=O)[C@@H]3[C@@H]2C[C@@]2(Cl)C(=O)N(c3c(F)c(F)c(F)c(F)c3F)C(=O)[C@@]12Cl. The maximum Gasteiger partial charge on any atom is 0.258 e. The number of carbonyl (C=O) groups excluding carboxylic acids is 4. The summed E-state index contributed by atoms with van der Waals surface area (Å²) < 4.78 is 77.7. The molecule has 3 fully saturated rings. The van der Waals surface area contributed by atoms with Gasteiger partial charge < -0.3 is 9.84 Å². The third-order valence-electron chi connectivity index (χ3n) is 8.75. The van der Waals surface area contributed by atoms with Gasteiger partial charge in [-0.2, -0.15) is 5.06 Å². The maximum atomic E-state index is 15.0. The Morgan fingerprint density at radius 2 is 1.51 bits per heavy atom. The summed E-state index contributed by atoms with van der Waals surface area (Å²) in [5, 5.41) is 21.0. The van der Waals surface area contributed by atoms with Crippen LogP contribution in [0.3, 0.4) is 0 Å². The maximum absolute atomic E-state index is 15.0. The molecule has 2 aromatic rings. The summed E-state index contributed by atoms with van der Waals surface area (Å²) in [6.07, 6.45) is 0.489. The number of nitrogens with zero attached hydrogens (tertiary/aromatic N) is 2. The zero-order chi connectivity index (χ0) is 31.5. The summed E-state index contributed by atoms with van der Waals surface area (Å²) in [6.45, 7) is 0. The zero-order valence-corrected chi connectivity index (χ0v) is 23.0. The van der Waals surface area contributed by atoms with Gasteiger partial charge in [0.15, 0.2) is 33.0 Å². The van der Waals surface area contributed by atoms with E-state index in [4.69, 9.17) is 27.9 Å². The van der Waals surface area contributed by atoms with Crippen molar-refractivity contribution in [2.45, 2.75) is 28.5 Å². The number of hydroxylamine groups is 2. The summed E-state index contributed by atoms with van der Waals surface area (Å²) in [4.78, 5) is 47.9. The number of rotatable bonds is 3. The number of carbonyl (C=O) groups is 4. The number of fused-ring (bicyclic) bond motifs is 4. The van der Waals surface area contributed by atoms with Crippen LogP contribution in [0.4, 0.5) is 27.6 Å². The minimum atomic E-state index is -2.82. The Hall–Kier alpha value is -3.75. The minimum Gasteiger partial charge on any atom is -0.508 e. The average Bonchev–Trinajstić information content (AvgIpc) is 3.29. The number of anilines is 1. The van der Waals surface area contributed by atoms with Gasteiger partial charge in [-0.25, -0.2) is 26.9 Å². The van der Waals surface area contributed by atoms with Crippen molar-refractivity contribution in [1.82, 2.24) is 5.06 Å². The van der Waals surface area contributed by atoms with Gasteiger partial charge in [0.1, 0.15) is 17.2 Å². The van der Waals surface area contributed by atoms with Crippen molar-refractivity contribution in [1.29, 1.82) is 0 Å². The van der Waals surface area contributed by atoms with Gasteiger partial charge in [0, 0.05) is 11.5 Å². The molecular weight excluding hydrogens is 630 g/mol. The van der Waals surface area contributed by atoms with Crippen LogP contribution in [0, 0.1) is 46.8 Å². The molecule has 0 unspecified atom stereocenters. The van der Waals surface area contributed by atoms with Gasteiger partial charge in [0.25, 0.3) is 23.6 Å². The van der Waals surface area contributed by atoms with Gasteiger partial charge in [0.05, 0.1) is 18.9 Å². The van der Waals surface area contributed by atoms with Crippen LogP contribution in [0.15, 0.2) is 29.8 Å². The molecule has 2 heterocycles. The predicted octanol–water partition coefficient (Wildman–Crippen LogP) is 4.05. The van der Waals surface area contributed by atoms with E-state index in [0.717, 1.165) is 6.07 Å². The number of amides is 4. The largest absolute Gasteiger partial charge is 0.508 e. The van der Waals surface area contributed by atoms with Crippen LogP contribution < -0.4 is 9.64 Å². The molecule has 0 spiro atoms. The number of alkyl halides is 2. The standard InChI is InChI=1S/C27H17Cl2F5N2O7/c1-43-12-4-2-3-11(37)14(12)15-8-5-6-9-13(23(39)36(42)22(9)38)10(8)7-26(28)24(40)35(25(41)27(15,26)29)21-19(33)17(31)16(30)18(32)20(21)34/h2-5,9-10,13,15,37,42H,6-7H2,1H3/t9-,10+,13-,15+,26+,27-/m0/s1. The van der Waals surface area contributed by atoms with E-state index in [0.29, 0.717) is 0 Å². The summed E-state index contributed by atoms with van der Waals surface area (Å²) in [7, 11) is 1.18. The number of allylic oxidation sites excluding steroid dienone is 2. The number of ether oxygens (including phenoxy) is 1. The second-order valence-electron chi connectivity index (χ2n) is 10.6. The molecule has 1 saturated carbocycles. The number of halogens is 7.